The summed E-state index contributed by atoms with van der Waals surface area (Å²) in [5.41, 5.74) is 6.28. The molecule has 1 aromatic carbocycles. The van der Waals surface area contributed by atoms with Crippen molar-refractivity contribution in [2.45, 2.75) is 32.4 Å². The summed E-state index contributed by atoms with van der Waals surface area (Å²) in [6.45, 7) is 4.71. The molecule has 2 rings (SSSR count). The van der Waals surface area contributed by atoms with Gasteiger partial charge in [-0.2, -0.15) is 0 Å². The van der Waals surface area contributed by atoms with Crippen LogP contribution in [0.5, 0.6) is 0 Å². The molecule has 6 nitrogen and oxygen atoms in total. The van der Waals surface area contributed by atoms with Crippen molar-refractivity contribution in [2.24, 2.45) is 11.7 Å². The predicted octanol–water partition coefficient (Wildman–Crippen LogP) is 1.95. The molecule has 0 aliphatic carbocycles. The number of anilines is 1. The lowest BCUT2D eigenvalue weighted by Crippen LogP contribution is -2.43. The molecule has 8 heteroatoms. The first-order valence-electron chi connectivity index (χ1n) is 7.74. The number of amides is 3. The van der Waals surface area contributed by atoms with Crippen LogP contribution in [-0.2, 0) is 4.79 Å². The lowest BCUT2D eigenvalue weighted by Gasteiger charge is -2.23. The zero-order valence-corrected chi connectivity index (χ0v) is 14.6. The van der Waals surface area contributed by atoms with Crippen molar-refractivity contribution in [3.63, 3.8) is 0 Å². The third-order valence-corrected chi connectivity index (χ3v) is 4.12. The first kappa shape index (κ1) is 20.2. The number of carbonyl (C=O) groups excluding carboxylic acids is 2. The van der Waals surface area contributed by atoms with Crippen LogP contribution >= 0.6 is 12.4 Å². The van der Waals surface area contributed by atoms with Gasteiger partial charge in [-0.3, -0.25) is 4.79 Å². The normalized spacial score (nSPS) is 19.2. The summed E-state index contributed by atoms with van der Waals surface area (Å²) in [5, 5.41) is 5.47. The van der Waals surface area contributed by atoms with E-state index in [1.807, 2.05) is 13.8 Å². The van der Waals surface area contributed by atoms with E-state index in [4.69, 9.17) is 5.73 Å². The molecule has 1 aromatic rings. The van der Waals surface area contributed by atoms with Crippen LogP contribution in [0.2, 0.25) is 0 Å². The minimum Gasteiger partial charge on any atom is -0.340 e. The Hall–Kier alpha value is -1.86. The van der Waals surface area contributed by atoms with E-state index in [0.29, 0.717) is 25.2 Å². The Balaban J connectivity index is 0.00000288. The number of rotatable bonds is 4. The van der Waals surface area contributed by atoms with Gasteiger partial charge in [-0.15, -0.1) is 12.4 Å². The Morgan fingerprint density at radius 3 is 2.50 bits per heavy atom. The van der Waals surface area contributed by atoms with E-state index >= 15 is 0 Å². The fraction of sp³-hybridized carbons (Fsp3) is 0.500. The van der Waals surface area contributed by atoms with Crippen LogP contribution < -0.4 is 16.4 Å². The first-order valence-corrected chi connectivity index (χ1v) is 7.74. The van der Waals surface area contributed by atoms with E-state index in [2.05, 4.69) is 10.6 Å². The minimum atomic E-state index is -0.365. The fourth-order valence-corrected chi connectivity index (χ4v) is 2.48. The van der Waals surface area contributed by atoms with Gasteiger partial charge in [0, 0.05) is 30.9 Å². The van der Waals surface area contributed by atoms with Crippen LogP contribution in [0, 0.1) is 11.7 Å². The Labute approximate surface area is 147 Å². The molecule has 0 aromatic heterocycles. The zero-order chi connectivity index (χ0) is 17.0. The van der Waals surface area contributed by atoms with Crippen LogP contribution in [0.25, 0.3) is 0 Å². The van der Waals surface area contributed by atoms with E-state index in [1.54, 1.807) is 4.90 Å². The van der Waals surface area contributed by atoms with Gasteiger partial charge in [0.25, 0.3) is 0 Å². The van der Waals surface area contributed by atoms with Gasteiger partial charge in [0.2, 0.25) is 5.91 Å². The van der Waals surface area contributed by atoms with Gasteiger partial charge in [-0.05, 0) is 37.6 Å². The Morgan fingerprint density at radius 2 is 1.92 bits per heavy atom. The molecule has 1 heterocycles. The Kier molecular flexibility index (Phi) is 7.44. The number of urea groups is 1. The number of hydrogen-bond acceptors (Lipinski definition) is 3. The standard InChI is InChI=1S/C16H23FN4O2.ClH/c1-10(11(2)18)15(22)21-8-7-14(9-21)20-16(23)19-13-5-3-12(17)4-6-13;/h3-6,10-11,14H,7-9,18H2,1-2H3,(H2,19,20,23);1H. The number of likely N-dealkylation sites (tertiary alicyclic amines) is 1. The maximum atomic E-state index is 12.8. The third kappa shape index (κ3) is 5.35. The van der Waals surface area contributed by atoms with Crippen LogP contribution in [-0.4, -0.2) is 42.0 Å². The van der Waals surface area contributed by atoms with Gasteiger partial charge in [0.15, 0.2) is 0 Å². The lowest BCUT2D eigenvalue weighted by molar-refractivity contribution is -0.134. The highest BCUT2D eigenvalue weighted by Gasteiger charge is 2.30. The van der Waals surface area contributed by atoms with Crippen molar-refractivity contribution in [1.82, 2.24) is 10.2 Å². The Bertz CT molecular complexity index is 568. The summed E-state index contributed by atoms with van der Waals surface area (Å²) in [4.78, 5) is 25.9. The molecule has 0 spiro atoms. The highest BCUT2D eigenvalue weighted by Crippen LogP contribution is 2.15. The quantitative estimate of drug-likeness (QED) is 0.768. The molecule has 134 valence electrons. The van der Waals surface area contributed by atoms with E-state index in [-0.39, 0.29) is 48.2 Å². The van der Waals surface area contributed by atoms with Crippen LogP contribution in [0.4, 0.5) is 14.9 Å². The monoisotopic (exact) mass is 358 g/mol. The SMILES string of the molecule is CC(N)C(C)C(=O)N1CCC(NC(=O)Nc2ccc(F)cc2)C1.Cl. The number of benzene rings is 1. The van der Waals surface area contributed by atoms with Crippen molar-refractivity contribution in [1.29, 1.82) is 0 Å². The molecule has 1 aliphatic heterocycles. The summed E-state index contributed by atoms with van der Waals surface area (Å²) >= 11 is 0. The van der Waals surface area contributed by atoms with Crippen LogP contribution in [0.15, 0.2) is 24.3 Å². The number of nitrogens with zero attached hydrogens (tertiary/aromatic N) is 1. The van der Waals surface area contributed by atoms with Crippen LogP contribution in [0.3, 0.4) is 0 Å². The topological polar surface area (TPSA) is 87.5 Å². The molecule has 3 unspecified atom stereocenters. The van der Waals surface area contributed by atoms with Gasteiger partial charge in [0.05, 0.1) is 5.92 Å². The molecule has 3 amide bonds. The molecule has 24 heavy (non-hydrogen) atoms. The molecule has 1 aliphatic rings. The number of hydrogen-bond donors (Lipinski definition) is 3. The maximum Gasteiger partial charge on any atom is 0.319 e. The summed E-state index contributed by atoms with van der Waals surface area (Å²) in [7, 11) is 0. The van der Waals surface area contributed by atoms with Crippen molar-refractivity contribution < 1.29 is 14.0 Å². The van der Waals surface area contributed by atoms with Crippen LogP contribution in [0.1, 0.15) is 20.3 Å². The molecule has 1 fully saturated rings. The molecule has 0 bridgehead atoms. The Morgan fingerprint density at radius 1 is 1.29 bits per heavy atom. The van der Waals surface area contributed by atoms with E-state index < -0.39 is 0 Å². The number of nitrogens with one attached hydrogen (secondary N) is 2. The third-order valence-electron chi connectivity index (χ3n) is 4.12. The highest BCUT2D eigenvalue weighted by molar-refractivity contribution is 5.89. The summed E-state index contributed by atoms with van der Waals surface area (Å²) < 4.78 is 12.8. The summed E-state index contributed by atoms with van der Waals surface area (Å²) in [6.07, 6.45) is 0.703. The number of halogens is 2. The molecule has 0 radical (unpaired) electrons. The lowest BCUT2D eigenvalue weighted by atomic mass is 10.0. The van der Waals surface area contributed by atoms with E-state index in [1.165, 1.54) is 24.3 Å². The number of nitrogens with two attached hydrogens (primary N) is 1. The van der Waals surface area contributed by atoms with Gasteiger partial charge >= 0.3 is 6.03 Å². The second-order valence-corrected chi connectivity index (χ2v) is 6.02. The fourth-order valence-electron chi connectivity index (χ4n) is 2.48. The van der Waals surface area contributed by atoms with Gasteiger partial charge in [-0.25, -0.2) is 9.18 Å². The van der Waals surface area contributed by atoms with Crippen molar-refractivity contribution in [3.8, 4) is 0 Å². The average molecular weight is 359 g/mol. The molecule has 4 N–H and O–H groups in total. The predicted molar refractivity (Wildman–Crippen MR) is 93.6 cm³/mol. The van der Waals surface area contributed by atoms with E-state index in [9.17, 15) is 14.0 Å². The van der Waals surface area contributed by atoms with Gasteiger partial charge in [0.1, 0.15) is 5.82 Å². The smallest absolute Gasteiger partial charge is 0.319 e. The van der Waals surface area contributed by atoms with Crippen molar-refractivity contribution in [3.05, 3.63) is 30.1 Å². The molecular weight excluding hydrogens is 335 g/mol. The summed E-state index contributed by atoms with van der Waals surface area (Å²) in [5.74, 6) is -0.575. The first-order chi connectivity index (χ1) is 10.9. The molecular formula is C16H24ClFN4O2. The van der Waals surface area contributed by atoms with Gasteiger partial charge < -0.3 is 21.3 Å². The molecule has 1 saturated heterocycles. The minimum absolute atomic E-state index is 0. The largest absolute Gasteiger partial charge is 0.340 e. The average Bonchev–Trinajstić information content (AvgIpc) is 2.96. The molecule has 3 atom stereocenters. The second-order valence-electron chi connectivity index (χ2n) is 6.02. The van der Waals surface area contributed by atoms with Crippen molar-refractivity contribution in [2.75, 3.05) is 18.4 Å². The molecule has 0 saturated carbocycles. The van der Waals surface area contributed by atoms with E-state index in [0.717, 1.165) is 0 Å². The maximum absolute atomic E-state index is 12.8. The second kappa shape index (κ2) is 8.84. The highest BCUT2D eigenvalue weighted by atomic mass is 35.5. The number of carbonyl (C=O) groups is 2. The zero-order valence-electron chi connectivity index (χ0n) is 13.8. The summed E-state index contributed by atoms with van der Waals surface area (Å²) in [6, 6.07) is 4.88. The van der Waals surface area contributed by atoms with Crippen molar-refractivity contribution >= 4 is 30.0 Å². The van der Waals surface area contributed by atoms with Gasteiger partial charge in [-0.1, -0.05) is 6.92 Å².